The molecule has 0 radical (unpaired) electrons. The van der Waals surface area contributed by atoms with Crippen LogP contribution in [-0.2, 0) is 27.1 Å². The largest absolute Gasteiger partial charge is 0.462 e. The van der Waals surface area contributed by atoms with Crippen LogP contribution in [0.2, 0.25) is 0 Å². The number of furan rings is 1. The number of hydrogen-bond donors (Lipinski definition) is 2. The smallest absolute Gasteiger partial charge is 0.344 e. The van der Waals surface area contributed by atoms with Gasteiger partial charge in [-0.2, -0.15) is 0 Å². The lowest BCUT2D eigenvalue weighted by Crippen LogP contribution is -2.22. The van der Waals surface area contributed by atoms with Gasteiger partial charge in [0.2, 0.25) is 5.88 Å². The Bertz CT molecular complexity index is 1330. The first-order valence-corrected chi connectivity index (χ1v) is 11.6. The van der Waals surface area contributed by atoms with E-state index in [2.05, 4.69) is 17.2 Å². The average Bonchev–Trinajstić information content (AvgIpc) is 3.33. The molecule has 1 aliphatic rings. The molecule has 4 rings (SSSR count). The lowest BCUT2D eigenvalue weighted by molar-refractivity contribution is -0.119. The van der Waals surface area contributed by atoms with Crippen LogP contribution in [0.15, 0.2) is 22.6 Å². The lowest BCUT2D eigenvalue weighted by Gasteiger charge is -2.18. The maximum Gasteiger partial charge on any atom is 0.344 e. The Kier molecular flexibility index (Phi) is 6.77. The monoisotopic (exact) mass is 480 g/mol. The molecule has 35 heavy (non-hydrogen) atoms. The van der Waals surface area contributed by atoms with Crippen molar-refractivity contribution >= 4 is 40.4 Å². The molecule has 0 saturated heterocycles. The second kappa shape index (κ2) is 9.77. The predicted octanol–water partition coefficient (Wildman–Crippen LogP) is 4.37. The molecule has 0 bridgehead atoms. The zero-order valence-electron chi connectivity index (χ0n) is 20.2. The first kappa shape index (κ1) is 24.3. The van der Waals surface area contributed by atoms with Crippen LogP contribution in [0.25, 0.3) is 10.9 Å². The number of aromatic nitrogens is 1. The predicted molar refractivity (Wildman–Crippen MR) is 128 cm³/mol. The normalized spacial score (nSPS) is 14.9. The standard InChI is InChI=1S/C26H28N2O7/c1-5-33-26(32)23-22(14(3)29)15(4)35-24(23)28-21(30)12-34-25(31)16-7-9-20-18(11-16)17-10-13(2)6-8-19(17)27-20/h7,9,11,13,27H,5-6,8,10,12H2,1-4H3,(H,28,30). The van der Waals surface area contributed by atoms with Crippen LogP contribution in [0, 0.1) is 12.8 Å². The summed E-state index contributed by atoms with van der Waals surface area (Å²) >= 11 is 0. The molecule has 2 heterocycles. The van der Waals surface area contributed by atoms with Crippen LogP contribution >= 0.6 is 0 Å². The number of carbonyl (C=O) groups is 4. The number of Topliss-reactive ketones (excluding diaryl/α,β-unsaturated/α-hetero) is 1. The van der Waals surface area contributed by atoms with Crippen molar-refractivity contribution in [1.29, 1.82) is 0 Å². The second-order valence-corrected chi connectivity index (χ2v) is 8.83. The Morgan fingerprint density at radius 2 is 1.91 bits per heavy atom. The molecule has 0 fully saturated rings. The van der Waals surface area contributed by atoms with Crippen molar-refractivity contribution in [3.05, 3.63) is 51.9 Å². The zero-order chi connectivity index (χ0) is 25.3. The lowest BCUT2D eigenvalue weighted by atomic mass is 9.87. The number of ether oxygens (including phenoxy) is 2. The molecule has 1 aliphatic carbocycles. The van der Waals surface area contributed by atoms with Crippen molar-refractivity contribution in [2.45, 2.75) is 47.0 Å². The molecule has 1 atom stereocenters. The Morgan fingerprint density at radius 3 is 2.63 bits per heavy atom. The number of nitrogens with one attached hydrogen (secondary N) is 2. The molecule has 1 amide bonds. The van der Waals surface area contributed by atoms with Crippen LogP contribution in [0.5, 0.6) is 0 Å². The summed E-state index contributed by atoms with van der Waals surface area (Å²) in [6.45, 7) is 6.11. The first-order valence-electron chi connectivity index (χ1n) is 11.6. The van der Waals surface area contributed by atoms with Gasteiger partial charge in [0, 0.05) is 16.6 Å². The third-order valence-corrected chi connectivity index (χ3v) is 6.17. The second-order valence-electron chi connectivity index (χ2n) is 8.83. The highest BCUT2D eigenvalue weighted by Crippen LogP contribution is 2.32. The summed E-state index contributed by atoms with van der Waals surface area (Å²) in [6.07, 6.45) is 3.06. The molecule has 9 nitrogen and oxygen atoms in total. The minimum atomic E-state index is -0.792. The van der Waals surface area contributed by atoms with E-state index in [0.29, 0.717) is 11.5 Å². The maximum absolute atomic E-state index is 12.7. The number of benzene rings is 1. The van der Waals surface area contributed by atoms with Gasteiger partial charge in [-0.15, -0.1) is 0 Å². The van der Waals surface area contributed by atoms with Crippen LogP contribution < -0.4 is 5.32 Å². The minimum absolute atomic E-state index is 0.0354. The summed E-state index contributed by atoms with van der Waals surface area (Å²) in [6, 6.07) is 5.29. The third kappa shape index (κ3) is 4.84. The Hall–Kier alpha value is -3.88. The Balaban J connectivity index is 1.47. The molecule has 9 heteroatoms. The number of esters is 2. The van der Waals surface area contributed by atoms with Crippen molar-refractivity contribution in [2.75, 3.05) is 18.5 Å². The van der Waals surface area contributed by atoms with Crippen LogP contribution in [0.3, 0.4) is 0 Å². The number of anilines is 1. The maximum atomic E-state index is 12.7. The number of amides is 1. The van der Waals surface area contributed by atoms with Crippen LogP contribution in [0.1, 0.15) is 75.3 Å². The number of hydrogen-bond acceptors (Lipinski definition) is 7. The van der Waals surface area contributed by atoms with E-state index in [-0.39, 0.29) is 29.4 Å². The molecule has 0 aliphatic heterocycles. The van der Waals surface area contributed by atoms with E-state index in [0.717, 1.165) is 30.2 Å². The van der Waals surface area contributed by atoms with Crippen molar-refractivity contribution in [3.8, 4) is 0 Å². The fraction of sp³-hybridized carbons (Fsp3) is 0.385. The number of carbonyl (C=O) groups excluding carboxylic acids is 4. The number of rotatable bonds is 7. The number of aryl methyl sites for hydroxylation is 2. The fourth-order valence-corrected chi connectivity index (χ4v) is 4.55. The number of aromatic amines is 1. The summed E-state index contributed by atoms with van der Waals surface area (Å²) < 4.78 is 15.6. The van der Waals surface area contributed by atoms with Gasteiger partial charge in [0.15, 0.2) is 12.4 Å². The van der Waals surface area contributed by atoms with Gasteiger partial charge in [-0.1, -0.05) is 6.92 Å². The SMILES string of the molecule is CCOC(=O)c1c(NC(=O)COC(=O)c2ccc3[nH]c4c(c3c2)CC(C)CC4)oc(C)c1C(C)=O. The van der Waals surface area contributed by atoms with E-state index in [1.807, 2.05) is 6.07 Å². The van der Waals surface area contributed by atoms with E-state index >= 15 is 0 Å². The number of ketones is 1. The van der Waals surface area contributed by atoms with Crippen LogP contribution in [0.4, 0.5) is 5.88 Å². The first-order chi connectivity index (χ1) is 16.7. The van der Waals surface area contributed by atoms with Crippen LogP contribution in [-0.4, -0.2) is 41.8 Å². The van der Waals surface area contributed by atoms with Crippen molar-refractivity contribution in [1.82, 2.24) is 4.98 Å². The van der Waals surface area contributed by atoms with E-state index in [1.165, 1.54) is 25.1 Å². The fourth-order valence-electron chi connectivity index (χ4n) is 4.55. The summed E-state index contributed by atoms with van der Waals surface area (Å²) in [7, 11) is 0. The summed E-state index contributed by atoms with van der Waals surface area (Å²) in [4.78, 5) is 52.9. The summed E-state index contributed by atoms with van der Waals surface area (Å²) in [5.41, 5.74) is 3.62. The van der Waals surface area contributed by atoms with Gasteiger partial charge in [0.05, 0.1) is 17.7 Å². The average molecular weight is 481 g/mol. The molecule has 2 aromatic heterocycles. The van der Waals surface area contributed by atoms with Gasteiger partial charge in [0.1, 0.15) is 11.3 Å². The number of fused-ring (bicyclic) bond motifs is 3. The van der Waals surface area contributed by atoms with Gasteiger partial charge in [-0.25, -0.2) is 9.59 Å². The molecule has 184 valence electrons. The van der Waals surface area contributed by atoms with Crippen molar-refractivity contribution in [2.24, 2.45) is 5.92 Å². The highest BCUT2D eigenvalue weighted by molar-refractivity contribution is 6.11. The highest BCUT2D eigenvalue weighted by atomic mass is 16.5. The Morgan fingerprint density at radius 1 is 1.14 bits per heavy atom. The van der Waals surface area contributed by atoms with Gasteiger partial charge >= 0.3 is 11.9 Å². The highest BCUT2D eigenvalue weighted by Gasteiger charge is 2.29. The summed E-state index contributed by atoms with van der Waals surface area (Å²) in [5, 5.41) is 3.40. The molecule has 3 aromatic rings. The molecule has 2 N–H and O–H groups in total. The topological polar surface area (TPSA) is 128 Å². The molecular formula is C26H28N2O7. The molecule has 1 unspecified atom stereocenters. The zero-order valence-corrected chi connectivity index (χ0v) is 20.2. The van der Waals surface area contributed by atoms with Gasteiger partial charge in [0.25, 0.3) is 5.91 Å². The van der Waals surface area contributed by atoms with Gasteiger partial charge < -0.3 is 18.9 Å². The Labute approximate surface area is 202 Å². The molecule has 1 aromatic carbocycles. The van der Waals surface area contributed by atoms with E-state index < -0.39 is 30.2 Å². The van der Waals surface area contributed by atoms with Gasteiger partial charge in [-0.3, -0.25) is 14.9 Å². The molecule has 0 saturated carbocycles. The van der Waals surface area contributed by atoms with Crippen molar-refractivity contribution in [3.63, 3.8) is 0 Å². The quantitative estimate of drug-likeness (QED) is 0.380. The van der Waals surface area contributed by atoms with E-state index in [4.69, 9.17) is 13.9 Å². The molecule has 0 spiro atoms. The third-order valence-electron chi connectivity index (χ3n) is 6.17. The molecular weight excluding hydrogens is 452 g/mol. The van der Waals surface area contributed by atoms with E-state index in [1.54, 1.807) is 19.1 Å². The van der Waals surface area contributed by atoms with E-state index in [9.17, 15) is 19.2 Å². The minimum Gasteiger partial charge on any atom is -0.462 e. The summed E-state index contributed by atoms with van der Waals surface area (Å²) in [5.74, 6) is -2.04. The van der Waals surface area contributed by atoms with Gasteiger partial charge in [-0.05, 0) is 69.7 Å². The van der Waals surface area contributed by atoms with Crippen molar-refractivity contribution < 1.29 is 33.1 Å². The number of H-pyrrole nitrogens is 1.